The van der Waals surface area contributed by atoms with Crippen molar-refractivity contribution in [2.75, 3.05) is 12.9 Å². The highest BCUT2D eigenvalue weighted by Gasteiger charge is 2.20. The maximum Gasteiger partial charge on any atom is 0.266 e. The van der Waals surface area contributed by atoms with E-state index in [1.165, 1.54) is 16.3 Å². The summed E-state index contributed by atoms with van der Waals surface area (Å²) < 4.78 is 6.94. The first-order valence-electron chi connectivity index (χ1n) is 8.01. The van der Waals surface area contributed by atoms with E-state index in [0.717, 1.165) is 0 Å². The molecule has 0 fully saturated rings. The third-order valence-corrected chi connectivity index (χ3v) is 5.30. The highest BCUT2D eigenvalue weighted by Crippen LogP contribution is 2.29. The first-order valence-corrected chi connectivity index (χ1v) is 9.37. The van der Waals surface area contributed by atoms with Crippen LogP contribution in [0.15, 0.2) is 52.4 Å². The number of benzene rings is 2. The molecular formula is C19H19ClN2O3S. The van der Waals surface area contributed by atoms with E-state index in [0.29, 0.717) is 38.3 Å². The summed E-state index contributed by atoms with van der Waals surface area (Å²) in [6.45, 7) is 3.42. The summed E-state index contributed by atoms with van der Waals surface area (Å²) in [6.07, 6.45) is 0. The molecule has 0 amide bonds. The number of aromatic nitrogens is 2. The van der Waals surface area contributed by atoms with E-state index in [4.69, 9.17) is 16.3 Å². The predicted octanol–water partition coefficient (Wildman–Crippen LogP) is 3.91. The molecule has 3 aromatic rings. The summed E-state index contributed by atoms with van der Waals surface area (Å²) in [7, 11) is 1.56. The second-order valence-corrected chi connectivity index (χ2v) is 7.85. The fraction of sp³-hybridized carbons (Fsp3) is 0.263. The van der Waals surface area contributed by atoms with Crippen LogP contribution >= 0.6 is 23.4 Å². The zero-order valence-corrected chi connectivity index (χ0v) is 16.3. The van der Waals surface area contributed by atoms with E-state index >= 15 is 0 Å². The molecule has 0 aliphatic rings. The summed E-state index contributed by atoms with van der Waals surface area (Å²) in [6, 6.07) is 12.3. The lowest BCUT2D eigenvalue weighted by Gasteiger charge is -2.19. The molecule has 0 saturated carbocycles. The number of para-hydroxylation sites is 2. The highest BCUT2D eigenvalue weighted by atomic mass is 35.5. The normalized spacial score (nSPS) is 11.7. The van der Waals surface area contributed by atoms with Crippen LogP contribution in [0.1, 0.15) is 13.8 Å². The van der Waals surface area contributed by atoms with Crippen LogP contribution in [0.4, 0.5) is 0 Å². The quantitative estimate of drug-likeness (QED) is 0.528. The number of fused-ring (bicyclic) bond motifs is 1. The number of methoxy groups -OCH3 is 1. The fourth-order valence-corrected chi connectivity index (χ4v) is 3.63. The van der Waals surface area contributed by atoms with Gasteiger partial charge in [0.25, 0.3) is 5.56 Å². The van der Waals surface area contributed by atoms with E-state index in [1.807, 2.05) is 12.1 Å². The molecule has 3 rings (SSSR count). The summed E-state index contributed by atoms with van der Waals surface area (Å²) in [4.78, 5) is 17.8. The minimum absolute atomic E-state index is 0.214. The van der Waals surface area contributed by atoms with E-state index < -0.39 is 5.60 Å². The summed E-state index contributed by atoms with van der Waals surface area (Å²) in [5, 5.41) is 11.5. The average Bonchev–Trinajstić information content (AvgIpc) is 2.59. The average molecular weight is 391 g/mol. The van der Waals surface area contributed by atoms with Gasteiger partial charge in [0.1, 0.15) is 5.75 Å². The molecule has 0 bridgehead atoms. The van der Waals surface area contributed by atoms with Gasteiger partial charge in [-0.05, 0) is 44.2 Å². The number of hydrogen-bond acceptors (Lipinski definition) is 5. The van der Waals surface area contributed by atoms with Crippen LogP contribution in [0.2, 0.25) is 5.02 Å². The van der Waals surface area contributed by atoms with E-state index in [9.17, 15) is 9.90 Å². The van der Waals surface area contributed by atoms with Gasteiger partial charge in [0.05, 0.1) is 29.3 Å². The van der Waals surface area contributed by atoms with Crippen LogP contribution in [-0.4, -0.2) is 33.1 Å². The maximum absolute atomic E-state index is 13.2. The summed E-state index contributed by atoms with van der Waals surface area (Å²) >= 11 is 7.37. The predicted molar refractivity (Wildman–Crippen MR) is 106 cm³/mol. The summed E-state index contributed by atoms with van der Waals surface area (Å²) in [5.74, 6) is 0.940. The van der Waals surface area contributed by atoms with Gasteiger partial charge in [0.15, 0.2) is 5.16 Å². The van der Waals surface area contributed by atoms with Crippen molar-refractivity contribution in [1.29, 1.82) is 0 Å². The smallest absolute Gasteiger partial charge is 0.266 e. The van der Waals surface area contributed by atoms with Crippen LogP contribution in [0.5, 0.6) is 5.75 Å². The van der Waals surface area contributed by atoms with Gasteiger partial charge in [-0.25, -0.2) is 4.98 Å². The maximum atomic E-state index is 13.2. The Balaban J connectivity index is 2.29. The molecule has 0 saturated heterocycles. The number of rotatable bonds is 5. The molecule has 1 heterocycles. The first kappa shape index (κ1) is 18.8. The molecule has 26 heavy (non-hydrogen) atoms. The van der Waals surface area contributed by atoms with Crippen molar-refractivity contribution in [1.82, 2.24) is 9.55 Å². The van der Waals surface area contributed by atoms with Crippen molar-refractivity contribution in [2.45, 2.75) is 24.6 Å². The molecule has 5 nitrogen and oxygen atoms in total. The Labute approximate surface area is 160 Å². The molecule has 0 unspecified atom stereocenters. The van der Waals surface area contributed by atoms with Crippen molar-refractivity contribution in [3.63, 3.8) is 0 Å². The minimum atomic E-state index is -0.905. The molecule has 0 aliphatic heterocycles. The number of thioether (sulfide) groups is 1. The number of nitrogens with zero attached hydrogens (tertiary/aromatic N) is 2. The SMILES string of the molecule is COc1ccccc1-n1c(SCC(C)(C)O)nc2cc(Cl)ccc2c1=O. The lowest BCUT2D eigenvalue weighted by molar-refractivity contribution is 0.107. The van der Waals surface area contributed by atoms with Crippen molar-refractivity contribution in [3.8, 4) is 11.4 Å². The van der Waals surface area contributed by atoms with Gasteiger partial charge in [-0.3, -0.25) is 9.36 Å². The Morgan fingerprint density at radius 3 is 2.69 bits per heavy atom. The number of halogens is 1. The van der Waals surface area contributed by atoms with Crippen LogP contribution in [0, 0.1) is 0 Å². The Kier molecular flexibility index (Phi) is 5.27. The molecular weight excluding hydrogens is 372 g/mol. The number of hydrogen-bond donors (Lipinski definition) is 1. The number of aliphatic hydroxyl groups is 1. The van der Waals surface area contributed by atoms with Gasteiger partial charge in [0, 0.05) is 10.8 Å². The summed E-state index contributed by atoms with van der Waals surface area (Å²) in [5.41, 5.74) is 0.000923. The number of ether oxygens (including phenoxy) is 1. The minimum Gasteiger partial charge on any atom is -0.495 e. The largest absolute Gasteiger partial charge is 0.495 e. The zero-order valence-electron chi connectivity index (χ0n) is 14.7. The van der Waals surface area contributed by atoms with Crippen LogP contribution in [-0.2, 0) is 0 Å². The van der Waals surface area contributed by atoms with Crippen LogP contribution < -0.4 is 10.3 Å². The van der Waals surface area contributed by atoms with Crippen molar-refractivity contribution < 1.29 is 9.84 Å². The van der Waals surface area contributed by atoms with E-state index in [1.54, 1.807) is 51.3 Å². The molecule has 7 heteroatoms. The molecule has 2 aromatic carbocycles. The van der Waals surface area contributed by atoms with Gasteiger partial charge in [-0.1, -0.05) is 35.5 Å². The second kappa shape index (κ2) is 7.31. The Bertz CT molecular complexity index is 1010. The highest BCUT2D eigenvalue weighted by molar-refractivity contribution is 7.99. The van der Waals surface area contributed by atoms with Gasteiger partial charge in [0.2, 0.25) is 0 Å². The third kappa shape index (κ3) is 3.87. The molecule has 0 radical (unpaired) electrons. The molecule has 0 aliphatic carbocycles. The zero-order chi connectivity index (χ0) is 18.9. The first-order chi connectivity index (χ1) is 12.3. The lowest BCUT2D eigenvalue weighted by atomic mass is 10.2. The lowest BCUT2D eigenvalue weighted by Crippen LogP contribution is -2.25. The standard InChI is InChI=1S/C19H19ClN2O3S/c1-19(2,24)11-26-18-21-14-10-12(20)8-9-13(14)17(23)22(18)15-6-4-5-7-16(15)25-3/h4-10,24H,11H2,1-3H3. The van der Waals surface area contributed by atoms with Crippen molar-refractivity contribution in [3.05, 3.63) is 57.8 Å². The van der Waals surface area contributed by atoms with Gasteiger partial charge >= 0.3 is 0 Å². The Morgan fingerprint density at radius 1 is 1.27 bits per heavy atom. The van der Waals surface area contributed by atoms with Crippen LogP contribution in [0.3, 0.4) is 0 Å². The van der Waals surface area contributed by atoms with Crippen molar-refractivity contribution in [2.24, 2.45) is 0 Å². The molecule has 136 valence electrons. The van der Waals surface area contributed by atoms with E-state index in [2.05, 4.69) is 4.98 Å². The molecule has 0 atom stereocenters. The van der Waals surface area contributed by atoms with Crippen LogP contribution in [0.25, 0.3) is 16.6 Å². The third-order valence-electron chi connectivity index (χ3n) is 3.68. The Morgan fingerprint density at radius 2 is 2.00 bits per heavy atom. The fourth-order valence-electron chi connectivity index (χ4n) is 2.50. The topological polar surface area (TPSA) is 64.3 Å². The van der Waals surface area contributed by atoms with E-state index in [-0.39, 0.29) is 5.56 Å². The monoisotopic (exact) mass is 390 g/mol. The van der Waals surface area contributed by atoms with Gasteiger partial charge < -0.3 is 9.84 Å². The van der Waals surface area contributed by atoms with Gasteiger partial charge in [-0.15, -0.1) is 0 Å². The molecule has 0 spiro atoms. The second-order valence-electron chi connectivity index (χ2n) is 6.47. The Hall–Kier alpha value is -2.02. The molecule has 1 N–H and O–H groups in total. The van der Waals surface area contributed by atoms with Crippen molar-refractivity contribution >= 4 is 34.3 Å². The molecule has 1 aromatic heterocycles. The van der Waals surface area contributed by atoms with Gasteiger partial charge in [-0.2, -0.15) is 0 Å².